The van der Waals surface area contributed by atoms with Crippen LogP contribution < -0.4 is 10.2 Å². The molecule has 1 saturated heterocycles. The van der Waals surface area contributed by atoms with Crippen molar-refractivity contribution in [1.82, 2.24) is 14.5 Å². The van der Waals surface area contributed by atoms with Crippen molar-refractivity contribution in [3.05, 3.63) is 65.0 Å². The summed E-state index contributed by atoms with van der Waals surface area (Å²) in [4.78, 5) is 18.7. The number of nitrogens with one attached hydrogen (secondary N) is 1. The fourth-order valence-electron chi connectivity index (χ4n) is 5.06. The maximum Gasteiger partial charge on any atom is 0.138 e. The Bertz CT molecular complexity index is 1340. The second kappa shape index (κ2) is 10.7. The molecule has 1 aromatic carbocycles. The largest absolute Gasteiger partial charge is 0.384 e. The summed E-state index contributed by atoms with van der Waals surface area (Å²) < 4.78 is 2.16. The first kappa shape index (κ1) is 26.1. The second-order valence-electron chi connectivity index (χ2n) is 11.0. The number of aliphatic imine (C=N–C) groups is 2. The summed E-state index contributed by atoms with van der Waals surface area (Å²) in [7, 11) is 4.09. The molecular weight excluding hydrogens is 474 g/mol. The highest BCUT2D eigenvalue weighted by molar-refractivity contribution is 5.92. The van der Waals surface area contributed by atoms with E-state index in [0.29, 0.717) is 11.6 Å². The second-order valence-corrected chi connectivity index (χ2v) is 11.0. The van der Waals surface area contributed by atoms with Crippen LogP contribution in [0.4, 0.5) is 17.2 Å². The third-order valence-electron chi connectivity index (χ3n) is 7.39. The number of piperazine rings is 1. The van der Waals surface area contributed by atoms with E-state index in [1.807, 2.05) is 31.5 Å². The van der Waals surface area contributed by atoms with Crippen LogP contribution in [0.25, 0.3) is 5.82 Å². The quantitative estimate of drug-likeness (QED) is 0.332. The molecule has 8 nitrogen and oxygen atoms in total. The van der Waals surface area contributed by atoms with Crippen LogP contribution in [0.3, 0.4) is 0 Å². The van der Waals surface area contributed by atoms with Gasteiger partial charge in [-0.1, -0.05) is 6.07 Å². The van der Waals surface area contributed by atoms with E-state index < -0.39 is 5.60 Å². The van der Waals surface area contributed by atoms with E-state index in [1.54, 1.807) is 20.2 Å². The third-order valence-corrected chi connectivity index (χ3v) is 7.39. The molecule has 2 aromatic heterocycles. The smallest absolute Gasteiger partial charge is 0.138 e. The van der Waals surface area contributed by atoms with Crippen molar-refractivity contribution in [1.29, 1.82) is 0 Å². The summed E-state index contributed by atoms with van der Waals surface area (Å²) in [5.41, 5.74) is 5.25. The molecule has 200 valence electrons. The van der Waals surface area contributed by atoms with Gasteiger partial charge in [0.2, 0.25) is 0 Å². The zero-order valence-corrected chi connectivity index (χ0v) is 23.1. The average Bonchev–Trinajstić information content (AvgIpc) is 3.67. The van der Waals surface area contributed by atoms with Crippen molar-refractivity contribution in [3.8, 4) is 5.82 Å². The lowest BCUT2D eigenvalue weighted by atomic mass is 10.1. The number of hydrogen-bond acceptors (Lipinski definition) is 6. The van der Waals surface area contributed by atoms with E-state index in [-0.39, 0.29) is 0 Å². The van der Waals surface area contributed by atoms with Crippen molar-refractivity contribution < 1.29 is 5.11 Å². The van der Waals surface area contributed by atoms with E-state index in [1.165, 1.54) is 29.8 Å². The van der Waals surface area contributed by atoms with E-state index in [4.69, 9.17) is 4.98 Å². The van der Waals surface area contributed by atoms with Crippen molar-refractivity contribution in [2.75, 3.05) is 50.5 Å². The number of pyridine rings is 1. The minimum Gasteiger partial charge on any atom is -0.384 e. The van der Waals surface area contributed by atoms with Gasteiger partial charge < -0.3 is 20.2 Å². The van der Waals surface area contributed by atoms with Crippen molar-refractivity contribution >= 4 is 29.7 Å². The highest BCUT2D eigenvalue weighted by atomic mass is 16.3. The molecule has 38 heavy (non-hydrogen) atoms. The number of aliphatic hydroxyl groups is 1. The maximum atomic E-state index is 10.5. The van der Waals surface area contributed by atoms with Crippen LogP contribution in [0.15, 0.2) is 52.4 Å². The Hall–Kier alpha value is -3.49. The molecule has 0 amide bonds. The van der Waals surface area contributed by atoms with Crippen molar-refractivity contribution in [2.45, 2.75) is 45.1 Å². The number of aromatic nitrogens is 2. The molecule has 5 rings (SSSR count). The van der Waals surface area contributed by atoms with E-state index in [2.05, 4.69) is 67.9 Å². The standard InChI is InChI=1S/C30H39N7O/c1-21-17-24(11-12-25(21)36-15-13-35(5)14-16-36)33-20-32-19-23-18-26(22-9-10-22)37(29(23)31-4)28-8-6-7-27(34-28)30(2,3)38/h6-8,11-12,17-20,22,31,38H,9-10,13-16H2,1-5H3. The summed E-state index contributed by atoms with van der Waals surface area (Å²) in [6.07, 6.45) is 5.80. The molecule has 1 aliphatic carbocycles. The van der Waals surface area contributed by atoms with Gasteiger partial charge in [0, 0.05) is 56.4 Å². The van der Waals surface area contributed by atoms with E-state index in [0.717, 1.165) is 49.1 Å². The monoisotopic (exact) mass is 513 g/mol. The Morgan fingerprint density at radius 2 is 1.84 bits per heavy atom. The van der Waals surface area contributed by atoms with Gasteiger partial charge in [-0.15, -0.1) is 0 Å². The molecule has 0 bridgehead atoms. The van der Waals surface area contributed by atoms with Crippen LogP contribution in [0.1, 0.15) is 55.1 Å². The van der Waals surface area contributed by atoms with Crippen LogP contribution in [0.2, 0.25) is 0 Å². The Morgan fingerprint density at radius 3 is 2.50 bits per heavy atom. The van der Waals surface area contributed by atoms with Gasteiger partial charge in [-0.25, -0.2) is 15.0 Å². The molecule has 0 atom stereocenters. The minimum atomic E-state index is -1.01. The lowest BCUT2D eigenvalue weighted by Gasteiger charge is -2.35. The Balaban J connectivity index is 1.37. The molecule has 3 aromatic rings. The highest BCUT2D eigenvalue weighted by Gasteiger charge is 2.30. The number of aryl methyl sites for hydroxylation is 1. The first-order valence-electron chi connectivity index (χ1n) is 13.5. The topological polar surface area (TPSA) is 81.3 Å². The normalized spacial score (nSPS) is 17.2. The van der Waals surface area contributed by atoms with Crippen LogP contribution in [-0.2, 0) is 5.60 Å². The van der Waals surface area contributed by atoms with Crippen LogP contribution in [0, 0.1) is 6.92 Å². The van der Waals surface area contributed by atoms with Gasteiger partial charge in [-0.2, -0.15) is 0 Å². The molecule has 0 unspecified atom stereocenters. The predicted octanol–water partition coefficient (Wildman–Crippen LogP) is 4.86. The van der Waals surface area contributed by atoms with Crippen LogP contribution in [-0.4, -0.2) is 72.4 Å². The Kier molecular flexibility index (Phi) is 7.36. The minimum absolute atomic E-state index is 0.507. The number of benzene rings is 1. The van der Waals surface area contributed by atoms with Crippen LogP contribution >= 0.6 is 0 Å². The Labute approximate surface area is 225 Å². The molecule has 8 heteroatoms. The first-order valence-corrected chi connectivity index (χ1v) is 13.5. The lowest BCUT2D eigenvalue weighted by Crippen LogP contribution is -2.44. The van der Waals surface area contributed by atoms with Crippen LogP contribution in [0.5, 0.6) is 0 Å². The number of nitrogens with zero attached hydrogens (tertiary/aromatic N) is 6. The van der Waals surface area contributed by atoms with Crippen molar-refractivity contribution in [3.63, 3.8) is 0 Å². The molecular formula is C30H39N7O. The molecule has 0 spiro atoms. The number of rotatable bonds is 8. The predicted molar refractivity (Wildman–Crippen MR) is 157 cm³/mol. The SMILES string of the molecule is CNc1c(C=NC=Nc2ccc(N3CCN(C)CC3)c(C)c2)cc(C2CC2)n1-c1cccc(C(C)(C)O)n1. The third kappa shape index (κ3) is 5.66. The fourth-order valence-corrected chi connectivity index (χ4v) is 5.06. The summed E-state index contributed by atoms with van der Waals surface area (Å²) in [5, 5.41) is 13.8. The zero-order valence-electron chi connectivity index (χ0n) is 23.1. The van der Waals surface area contributed by atoms with Gasteiger partial charge in [-0.05, 0) is 88.5 Å². The molecule has 1 aliphatic heterocycles. The number of anilines is 2. The summed E-state index contributed by atoms with van der Waals surface area (Å²) in [6.45, 7) is 9.96. The van der Waals surface area contributed by atoms with E-state index in [9.17, 15) is 5.11 Å². The van der Waals surface area contributed by atoms with Gasteiger partial charge in [0.15, 0.2) is 0 Å². The number of likely N-dealkylation sites (N-methyl/N-ethyl adjacent to an activating group) is 1. The van der Waals surface area contributed by atoms with Gasteiger partial charge in [0.05, 0.1) is 11.4 Å². The molecule has 3 heterocycles. The van der Waals surface area contributed by atoms with Gasteiger partial charge in [0.1, 0.15) is 23.6 Å². The molecule has 0 radical (unpaired) electrons. The van der Waals surface area contributed by atoms with Gasteiger partial charge >= 0.3 is 0 Å². The van der Waals surface area contributed by atoms with Crippen molar-refractivity contribution in [2.24, 2.45) is 9.98 Å². The van der Waals surface area contributed by atoms with Gasteiger partial charge in [0.25, 0.3) is 0 Å². The summed E-state index contributed by atoms with van der Waals surface area (Å²) >= 11 is 0. The number of hydrogen-bond donors (Lipinski definition) is 2. The zero-order chi connectivity index (χ0) is 26.9. The molecule has 2 N–H and O–H groups in total. The fraction of sp³-hybridized carbons (Fsp3) is 0.433. The average molecular weight is 514 g/mol. The lowest BCUT2D eigenvalue weighted by molar-refractivity contribution is 0.0738. The van der Waals surface area contributed by atoms with Gasteiger partial charge in [-0.3, -0.25) is 4.57 Å². The summed E-state index contributed by atoms with van der Waals surface area (Å²) in [5.74, 6) is 2.23. The molecule has 2 fully saturated rings. The molecule has 2 aliphatic rings. The Morgan fingerprint density at radius 1 is 1.08 bits per heavy atom. The van der Waals surface area contributed by atoms with E-state index >= 15 is 0 Å². The first-order chi connectivity index (χ1) is 18.2. The highest BCUT2D eigenvalue weighted by Crippen LogP contribution is 2.43. The molecule has 1 saturated carbocycles. The maximum absolute atomic E-state index is 10.5. The summed E-state index contributed by atoms with van der Waals surface area (Å²) in [6, 6.07) is 14.3.